The van der Waals surface area contributed by atoms with Crippen molar-refractivity contribution < 1.29 is 19.5 Å². The predicted octanol–water partition coefficient (Wildman–Crippen LogP) is 2.16. The lowest BCUT2D eigenvalue weighted by atomic mass is 9.65. The molecule has 8 heteroatoms. The summed E-state index contributed by atoms with van der Waals surface area (Å²) >= 11 is 1.67. The monoisotopic (exact) mass is 477 g/mol. The fraction of sp³-hybridized carbons (Fsp3) is 0.720. The normalized spacial score (nSPS) is 33.2. The molecule has 3 unspecified atom stereocenters. The van der Waals surface area contributed by atoms with E-state index in [0.29, 0.717) is 19.5 Å². The highest BCUT2D eigenvalue weighted by atomic mass is 32.2. The van der Waals surface area contributed by atoms with Crippen LogP contribution < -0.4 is 0 Å². The van der Waals surface area contributed by atoms with Gasteiger partial charge in [0.15, 0.2) is 0 Å². The van der Waals surface area contributed by atoms with Gasteiger partial charge in [-0.2, -0.15) is 0 Å². The van der Waals surface area contributed by atoms with Crippen LogP contribution in [0.1, 0.15) is 40.5 Å². The molecule has 3 saturated heterocycles. The molecule has 3 rings (SSSR count). The molecule has 0 aromatic carbocycles. The van der Waals surface area contributed by atoms with Crippen molar-refractivity contribution in [2.45, 2.75) is 68.7 Å². The highest BCUT2D eigenvalue weighted by Crippen LogP contribution is 2.69. The first-order chi connectivity index (χ1) is 15.6. The van der Waals surface area contributed by atoms with E-state index in [1.807, 2.05) is 20.8 Å². The van der Waals surface area contributed by atoms with E-state index in [9.17, 15) is 19.5 Å². The van der Waals surface area contributed by atoms with E-state index < -0.39 is 28.7 Å². The molecule has 0 aromatic rings. The number of amides is 3. The molecule has 7 atom stereocenters. The van der Waals surface area contributed by atoms with E-state index in [1.165, 1.54) is 0 Å². The Bertz CT molecular complexity index is 813. The molecule has 3 aliphatic rings. The Morgan fingerprint density at radius 1 is 1.27 bits per heavy atom. The summed E-state index contributed by atoms with van der Waals surface area (Å²) in [5.74, 6) is -1.27. The number of hydrogen-bond acceptors (Lipinski definition) is 5. The number of carbonyl (C=O) groups is 3. The molecule has 0 saturated carbocycles. The van der Waals surface area contributed by atoms with E-state index in [0.717, 1.165) is 6.42 Å². The lowest BCUT2D eigenvalue weighted by Gasteiger charge is -2.42. The highest BCUT2D eigenvalue weighted by Gasteiger charge is 2.76. The second kappa shape index (κ2) is 9.82. The molecule has 3 heterocycles. The maximum atomic E-state index is 14.1. The van der Waals surface area contributed by atoms with Crippen molar-refractivity contribution in [3.8, 4) is 0 Å². The number of thioether (sulfide) groups is 1. The number of carbonyl (C=O) groups excluding carboxylic acids is 3. The molecule has 1 spiro atoms. The van der Waals surface area contributed by atoms with Crippen molar-refractivity contribution in [3.05, 3.63) is 25.3 Å². The number of rotatable bonds is 10. The zero-order chi connectivity index (χ0) is 24.7. The second-order valence-electron chi connectivity index (χ2n) is 9.92. The van der Waals surface area contributed by atoms with Crippen LogP contribution in [-0.2, 0) is 14.4 Å². The van der Waals surface area contributed by atoms with Crippen LogP contribution in [0.3, 0.4) is 0 Å². The van der Waals surface area contributed by atoms with Gasteiger partial charge in [-0.05, 0) is 32.6 Å². The SMILES string of the molecule is C=CCN(C)C(=O)[C@@H]1[C@@H]2CC(C)C3(S2)C(C(=O)N(CC=C)C(C)C)N([C@@H](CC)CO)C(=O)[C@H]13. The predicted molar refractivity (Wildman–Crippen MR) is 132 cm³/mol. The van der Waals surface area contributed by atoms with Gasteiger partial charge in [0.05, 0.1) is 29.2 Å². The zero-order valence-corrected chi connectivity index (χ0v) is 21.4. The Kier molecular flexibility index (Phi) is 7.68. The minimum absolute atomic E-state index is 0.00673. The molecule has 1 N–H and O–H groups in total. The molecule has 3 aliphatic heterocycles. The van der Waals surface area contributed by atoms with Gasteiger partial charge in [0, 0.05) is 31.4 Å². The van der Waals surface area contributed by atoms with Crippen molar-refractivity contribution >= 4 is 29.5 Å². The third-order valence-electron chi connectivity index (χ3n) is 7.79. The van der Waals surface area contributed by atoms with Crippen molar-refractivity contribution in [3.63, 3.8) is 0 Å². The van der Waals surface area contributed by atoms with Gasteiger partial charge in [-0.15, -0.1) is 24.9 Å². The summed E-state index contributed by atoms with van der Waals surface area (Å²) in [5, 5.41) is 10.2. The molecule has 0 aliphatic carbocycles. The van der Waals surface area contributed by atoms with E-state index in [2.05, 4.69) is 20.1 Å². The first kappa shape index (κ1) is 25.8. The maximum Gasteiger partial charge on any atom is 0.247 e. The van der Waals surface area contributed by atoms with Crippen LogP contribution in [0.15, 0.2) is 25.3 Å². The number of aliphatic hydroxyl groups is 1. The summed E-state index contributed by atoms with van der Waals surface area (Å²) < 4.78 is -0.676. The van der Waals surface area contributed by atoms with Crippen molar-refractivity contribution in [1.82, 2.24) is 14.7 Å². The molecular formula is C25H39N3O4S. The molecule has 0 radical (unpaired) electrons. The quantitative estimate of drug-likeness (QED) is 0.488. The van der Waals surface area contributed by atoms with Crippen molar-refractivity contribution in [2.75, 3.05) is 26.7 Å². The van der Waals surface area contributed by atoms with E-state index in [1.54, 1.807) is 45.7 Å². The molecule has 0 aromatic heterocycles. The van der Waals surface area contributed by atoms with Gasteiger partial charge in [0.1, 0.15) is 6.04 Å². The lowest BCUT2D eigenvalue weighted by molar-refractivity contribution is -0.147. The van der Waals surface area contributed by atoms with Gasteiger partial charge in [-0.3, -0.25) is 14.4 Å². The van der Waals surface area contributed by atoms with E-state index in [4.69, 9.17) is 0 Å². The van der Waals surface area contributed by atoms with Crippen molar-refractivity contribution in [2.24, 2.45) is 17.8 Å². The number of hydrogen-bond donors (Lipinski definition) is 1. The van der Waals surface area contributed by atoms with Gasteiger partial charge >= 0.3 is 0 Å². The standard InChI is InChI=1S/C25H39N3O4S/c1-8-11-26(7)22(30)19-18-13-16(6)25(33-18)20(19)23(31)28(17(10-3)14-29)21(25)24(32)27(12-9-2)15(4)5/h8-9,15-21,29H,1-2,10-14H2,3-7H3/t16?,17-,18-,19+,20-,21?,25?/m0/s1. The topological polar surface area (TPSA) is 81.2 Å². The fourth-order valence-corrected chi connectivity index (χ4v) is 8.61. The summed E-state index contributed by atoms with van der Waals surface area (Å²) in [6.45, 7) is 16.1. The third kappa shape index (κ3) is 3.83. The van der Waals surface area contributed by atoms with E-state index in [-0.39, 0.29) is 41.5 Å². The van der Waals surface area contributed by atoms with Crippen molar-refractivity contribution in [1.29, 1.82) is 0 Å². The maximum absolute atomic E-state index is 14.1. The first-order valence-electron chi connectivity index (χ1n) is 12.0. The molecule has 33 heavy (non-hydrogen) atoms. The highest BCUT2D eigenvalue weighted by molar-refractivity contribution is 8.02. The number of likely N-dealkylation sites (tertiary alicyclic amines) is 1. The van der Waals surface area contributed by atoms with Gasteiger partial charge in [-0.25, -0.2) is 0 Å². The van der Waals surface area contributed by atoms with Gasteiger partial charge in [0.25, 0.3) is 0 Å². The van der Waals surface area contributed by atoms with Crippen LogP contribution in [0.4, 0.5) is 0 Å². The summed E-state index contributed by atoms with van der Waals surface area (Å²) in [4.78, 5) is 46.7. The van der Waals surface area contributed by atoms with Crippen LogP contribution in [0.25, 0.3) is 0 Å². The molecular weight excluding hydrogens is 438 g/mol. The Labute approximate surface area is 202 Å². The number of nitrogens with zero attached hydrogens (tertiary/aromatic N) is 3. The summed E-state index contributed by atoms with van der Waals surface area (Å²) in [7, 11) is 1.74. The minimum atomic E-state index is -0.707. The van der Waals surface area contributed by atoms with Crippen LogP contribution in [-0.4, -0.2) is 92.4 Å². The average Bonchev–Trinajstić information content (AvgIpc) is 3.36. The number of fused-ring (bicyclic) bond motifs is 1. The third-order valence-corrected chi connectivity index (χ3v) is 9.87. The minimum Gasteiger partial charge on any atom is -0.394 e. The summed E-state index contributed by atoms with van der Waals surface area (Å²) in [6.07, 6.45) is 4.72. The Morgan fingerprint density at radius 3 is 2.42 bits per heavy atom. The summed E-state index contributed by atoms with van der Waals surface area (Å²) in [5.41, 5.74) is 0. The average molecular weight is 478 g/mol. The van der Waals surface area contributed by atoms with Gasteiger partial charge in [0.2, 0.25) is 17.7 Å². The number of likely N-dealkylation sites (N-methyl/N-ethyl adjacent to an activating group) is 1. The lowest BCUT2D eigenvalue weighted by Crippen LogP contribution is -2.60. The molecule has 3 amide bonds. The summed E-state index contributed by atoms with van der Waals surface area (Å²) in [6, 6.07) is -1.23. The fourth-order valence-electron chi connectivity index (χ4n) is 6.22. The smallest absolute Gasteiger partial charge is 0.247 e. The Balaban J connectivity index is 2.14. The Hall–Kier alpha value is -1.80. The molecule has 7 nitrogen and oxygen atoms in total. The van der Waals surface area contributed by atoms with Gasteiger partial charge in [-0.1, -0.05) is 26.0 Å². The molecule has 3 fully saturated rings. The Morgan fingerprint density at radius 2 is 1.91 bits per heavy atom. The van der Waals surface area contributed by atoms with Crippen LogP contribution in [0.5, 0.6) is 0 Å². The van der Waals surface area contributed by atoms with Crippen LogP contribution >= 0.6 is 11.8 Å². The number of aliphatic hydroxyl groups excluding tert-OH is 1. The van der Waals surface area contributed by atoms with Gasteiger partial charge < -0.3 is 19.8 Å². The molecule has 2 bridgehead atoms. The second-order valence-corrected chi connectivity index (χ2v) is 11.5. The van der Waals surface area contributed by atoms with Crippen LogP contribution in [0.2, 0.25) is 0 Å². The van der Waals surface area contributed by atoms with E-state index >= 15 is 0 Å². The zero-order valence-electron chi connectivity index (χ0n) is 20.6. The van der Waals surface area contributed by atoms with Crippen LogP contribution in [0, 0.1) is 17.8 Å². The first-order valence-corrected chi connectivity index (χ1v) is 12.9. The molecule has 184 valence electrons. The largest absolute Gasteiger partial charge is 0.394 e.